The van der Waals surface area contributed by atoms with Crippen LogP contribution >= 0.6 is 0 Å². The number of amides is 2. The molecule has 3 rings (SSSR count). The van der Waals surface area contributed by atoms with Crippen LogP contribution in [0.3, 0.4) is 0 Å². The highest BCUT2D eigenvalue weighted by Crippen LogP contribution is 2.25. The molecule has 2 aromatic rings. The molecule has 2 aromatic heterocycles. The van der Waals surface area contributed by atoms with E-state index in [0.29, 0.717) is 12.1 Å². The van der Waals surface area contributed by atoms with E-state index in [-0.39, 0.29) is 11.8 Å². The Bertz CT molecular complexity index is 821. The molecule has 0 spiro atoms. The zero-order valence-corrected chi connectivity index (χ0v) is 16.7. The molecule has 0 saturated carbocycles. The van der Waals surface area contributed by atoms with Crippen LogP contribution in [0.25, 0.3) is 5.65 Å². The number of carbonyl (C=O) groups excluding carboxylic acids is 2. The van der Waals surface area contributed by atoms with Crippen LogP contribution in [0.5, 0.6) is 0 Å². The normalized spacial score (nSPS) is 14.6. The number of pyridine rings is 1. The van der Waals surface area contributed by atoms with Crippen LogP contribution in [0.2, 0.25) is 0 Å². The number of nitrogens with zero attached hydrogens (tertiary/aromatic N) is 4. The van der Waals surface area contributed by atoms with Crippen molar-refractivity contribution in [2.75, 3.05) is 24.5 Å². The molecule has 27 heavy (non-hydrogen) atoms. The van der Waals surface area contributed by atoms with Gasteiger partial charge in [-0.15, -0.1) is 0 Å². The Kier molecular flexibility index (Phi) is 6.14. The molecule has 1 aliphatic rings. The molecule has 6 nitrogen and oxygen atoms in total. The summed E-state index contributed by atoms with van der Waals surface area (Å²) < 4.78 is 1.92. The molecule has 2 amide bonds. The number of aryl methyl sites for hydroxylation is 1. The summed E-state index contributed by atoms with van der Waals surface area (Å²) in [6.45, 7) is 8.06. The van der Waals surface area contributed by atoms with Gasteiger partial charge in [0.25, 0.3) is 5.91 Å². The minimum absolute atomic E-state index is 0.00714. The van der Waals surface area contributed by atoms with Gasteiger partial charge in [-0.2, -0.15) is 0 Å². The van der Waals surface area contributed by atoms with Gasteiger partial charge in [0.1, 0.15) is 11.5 Å². The Labute approximate surface area is 161 Å². The molecule has 1 saturated heterocycles. The first-order chi connectivity index (χ1) is 13.1. The summed E-state index contributed by atoms with van der Waals surface area (Å²) in [7, 11) is 0. The number of fused-ring (bicyclic) bond motifs is 1. The highest BCUT2D eigenvalue weighted by molar-refractivity contribution is 5.95. The topological polar surface area (TPSA) is 57.9 Å². The van der Waals surface area contributed by atoms with Crippen LogP contribution in [0.4, 0.5) is 5.82 Å². The zero-order chi connectivity index (χ0) is 19.4. The Morgan fingerprint density at radius 2 is 1.89 bits per heavy atom. The number of hydrogen-bond acceptors (Lipinski definition) is 3. The Morgan fingerprint density at radius 3 is 2.52 bits per heavy atom. The van der Waals surface area contributed by atoms with Crippen molar-refractivity contribution in [2.24, 2.45) is 0 Å². The van der Waals surface area contributed by atoms with Crippen molar-refractivity contribution in [2.45, 2.75) is 59.3 Å². The molecular weight excluding hydrogens is 340 g/mol. The lowest BCUT2D eigenvalue weighted by molar-refractivity contribution is -0.116. The van der Waals surface area contributed by atoms with E-state index in [4.69, 9.17) is 4.98 Å². The third-order valence-electron chi connectivity index (χ3n) is 5.26. The van der Waals surface area contributed by atoms with Gasteiger partial charge < -0.3 is 4.90 Å². The minimum atomic E-state index is 0.00714. The van der Waals surface area contributed by atoms with E-state index < -0.39 is 0 Å². The lowest BCUT2D eigenvalue weighted by Crippen LogP contribution is -2.35. The first-order valence-electron chi connectivity index (χ1n) is 10.1. The van der Waals surface area contributed by atoms with E-state index in [1.807, 2.05) is 34.6 Å². The molecule has 0 aliphatic carbocycles. The lowest BCUT2D eigenvalue weighted by atomic mass is 10.1. The van der Waals surface area contributed by atoms with Gasteiger partial charge in [0.2, 0.25) is 5.91 Å². The quantitative estimate of drug-likeness (QED) is 0.779. The third kappa shape index (κ3) is 3.99. The molecule has 0 unspecified atom stereocenters. The molecule has 1 aliphatic heterocycles. The molecule has 6 heteroatoms. The van der Waals surface area contributed by atoms with E-state index >= 15 is 0 Å². The predicted molar refractivity (Wildman–Crippen MR) is 107 cm³/mol. The number of imidazole rings is 1. The summed E-state index contributed by atoms with van der Waals surface area (Å²) in [4.78, 5) is 33.7. The first kappa shape index (κ1) is 19.4. The van der Waals surface area contributed by atoms with Gasteiger partial charge >= 0.3 is 0 Å². The Hall–Kier alpha value is -2.37. The van der Waals surface area contributed by atoms with Crippen molar-refractivity contribution in [3.8, 4) is 0 Å². The summed E-state index contributed by atoms with van der Waals surface area (Å²) >= 11 is 0. The molecule has 0 N–H and O–H groups in total. The largest absolute Gasteiger partial charge is 0.339 e. The number of aromatic nitrogens is 2. The van der Waals surface area contributed by atoms with E-state index in [1.165, 1.54) is 6.42 Å². The summed E-state index contributed by atoms with van der Waals surface area (Å²) in [6, 6.07) is 3.74. The number of piperidine rings is 1. The van der Waals surface area contributed by atoms with Gasteiger partial charge in [0.15, 0.2) is 0 Å². The third-order valence-corrected chi connectivity index (χ3v) is 5.26. The van der Waals surface area contributed by atoms with Crippen molar-refractivity contribution < 1.29 is 9.59 Å². The average molecular weight is 370 g/mol. The molecule has 0 bridgehead atoms. The maximum absolute atomic E-state index is 12.9. The SMILES string of the molecule is CCCCN(C(C)=O)c1c(CC)nc2ccc(C(=O)N3CCCCC3)cn12. The van der Waals surface area contributed by atoms with Crippen molar-refractivity contribution in [3.05, 3.63) is 29.6 Å². The molecule has 3 heterocycles. The second-order valence-corrected chi connectivity index (χ2v) is 7.26. The van der Waals surface area contributed by atoms with Gasteiger partial charge in [-0.25, -0.2) is 4.98 Å². The van der Waals surface area contributed by atoms with Gasteiger partial charge in [0, 0.05) is 32.8 Å². The van der Waals surface area contributed by atoms with Crippen molar-refractivity contribution in [1.82, 2.24) is 14.3 Å². The van der Waals surface area contributed by atoms with Crippen LogP contribution in [-0.4, -0.2) is 45.7 Å². The summed E-state index contributed by atoms with van der Waals surface area (Å²) in [5.74, 6) is 0.881. The van der Waals surface area contributed by atoms with Crippen LogP contribution in [0.15, 0.2) is 18.3 Å². The predicted octanol–water partition coefficient (Wildman–Crippen LogP) is 3.68. The molecule has 0 atom stereocenters. The van der Waals surface area contributed by atoms with Gasteiger partial charge in [-0.05, 0) is 44.2 Å². The fourth-order valence-electron chi connectivity index (χ4n) is 3.74. The lowest BCUT2D eigenvalue weighted by Gasteiger charge is -2.27. The zero-order valence-electron chi connectivity index (χ0n) is 16.7. The van der Waals surface area contributed by atoms with Gasteiger partial charge in [0.05, 0.1) is 11.3 Å². The van der Waals surface area contributed by atoms with Crippen LogP contribution in [0, 0.1) is 0 Å². The number of unbranched alkanes of at least 4 members (excludes halogenated alkanes) is 1. The van der Waals surface area contributed by atoms with E-state index in [9.17, 15) is 9.59 Å². The van der Waals surface area contributed by atoms with Crippen molar-refractivity contribution in [1.29, 1.82) is 0 Å². The van der Waals surface area contributed by atoms with Crippen LogP contribution in [-0.2, 0) is 11.2 Å². The van der Waals surface area contributed by atoms with Crippen molar-refractivity contribution in [3.63, 3.8) is 0 Å². The van der Waals surface area contributed by atoms with E-state index in [1.54, 1.807) is 11.8 Å². The maximum atomic E-state index is 12.9. The number of anilines is 1. The molecular formula is C21H30N4O2. The standard InChI is InChI=1S/C21H30N4O2/c1-4-6-14-24(16(3)26)20-18(5-2)22-19-11-10-17(15-25(19)20)21(27)23-12-8-7-9-13-23/h10-11,15H,4-9,12-14H2,1-3H3. The average Bonchev–Trinajstić information content (AvgIpc) is 3.06. The van der Waals surface area contributed by atoms with Crippen LogP contribution in [0.1, 0.15) is 68.9 Å². The monoisotopic (exact) mass is 370 g/mol. The molecule has 146 valence electrons. The second kappa shape index (κ2) is 8.55. The highest BCUT2D eigenvalue weighted by Gasteiger charge is 2.23. The number of hydrogen-bond donors (Lipinski definition) is 0. The van der Waals surface area contributed by atoms with E-state index in [0.717, 1.165) is 62.4 Å². The van der Waals surface area contributed by atoms with Crippen LogP contribution < -0.4 is 4.90 Å². The number of rotatable bonds is 6. The fourth-order valence-corrected chi connectivity index (χ4v) is 3.74. The minimum Gasteiger partial charge on any atom is -0.339 e. The van der Waals surface area contributed by atoms with Crippen molar-refractivity contribution >= 4 is 23.3 Å². The summed E-state index contributed by atoms with van der Waals surface area (Å²) in [6.07, 6.45) is 7.87. The van der Waals surface area contributed by atoms with Gasteiger partial charge in [-0.1, -0.05) is 20.3 Å². The van der Waals surface area contributed by atoms with E-state index in [2.05, 4.69) is 6.92 Å². The maximum Gasteiger partial charge on any atom is 0.255 e. The highest BCUT2D eigenvalue weighted by atomic mass is 16.2. The molecule has 1 fully saturated rings. The molecule has 0 radical (unpaired) electrons. The molecule has 0 aromatic carbocycles. The Morgan fingerprint density at radius 1 is 1.15 bits per heavy atom. The fraction of sp³-hybridized carbons (Fsp3) is 0.571. The summed E-state index contributed by atoms with van der Waals surface area (Å²) in [5, 5.41) is 0. The first-order valence-corrected chi connectivity index (χ1v) is 10.1. The summed E-state index contributed by atoms with van der Waals surface area (Å²) in [5.41, 5.74) is 2.33. The number of likely N-dealkylation sites (tertiary alicyclic amines) is 1. The smallest absolute Gasteiger partial charge is 0.255 e. The second-order valence-electron chi connectivity index (χ2n) is 7.26. The Balaban J connectivity index is 2.03. The number of carbonyl (C=O) groups is 2. The van der Waals surface area contributed by atoms with Gasteiger partial charge in [-0.3, -0.25) is 18.9 Å².